The second-order valence-corrected chi connectivity index (χ2v) is 9.64. The second-order valence-electron chi connectivity index (χ2n) is 8.23. The van der Waals surface area contributed by atoms with E-state index in [1.807, 2.05) is 0 Å². The lowest BCUT2D eigenvalue weighted by Crippen LogP contribution is -2.32. The van der Waals surface area contributed by atoms with Gasteiger partial charge in [-0.05, 0) is 32.1 Å². The summed E-state index contributed by atoms with van der Waals surface area (Å²) in [7, 11) is -4.54. The average Bonchev–Trinajstić information content (AvgIpc) is 2.78. The predicted molar refractivity (Wildman–Crippen MR) is 127 cm³/mol. The number of carbonyl (C=O) groups is 1. The number of nitrogens with two attached hydrogens (primary N) is 1. The molecule has 0 aliphatic rings. The molecule has 2 unspecified atom stereocenters. The Morgan fingerprint density at radius 1 is 0.969 bits per heavy atom. The first-order valence-corrected chi connectivity index (χ1v) is 13.7. The minimum Gasteiger partial charge on any atom is -0.394 e. The van der Waals surface area contributed by atoms with Gasteiger partial charge in [-0.15, -0.1) is 0 Å². The third-order valence-electron chi connectivity index (χ3n) is 5.16. The highest BCUT2D eigenvalue weighted by Gasteiger charge is 2.30. The van der Waals surface area contributed by atoms with Gasteiger partial charge in [-0.25, -0.2) is 4.57 Å². The van der Waals surface area contributed by atoms with E-state index in [2.05, 4.69) is 23.6 Å². The maximum atomic E-state index is 12.2. The first-order chi connectivity index (χ1) is 15.4. The molecule has 0 rings (SSSR count). The number of Topliss-reactive ketones (excluding diaryl/α,β-unsaturated/α-hetero) is 1. The third-order valence-corrected chi connectivity index (χ3v) is 6.16. The zero-order valence-electron chi connectivity index (χ0n) is 19.8. The highest BCUT2D eigenvalue weighted by atomic mass is 31.2. The summed E-state index contributed by atoms with van der Waals surface area (Å²) in [4.78, 5) is 21.8. The summed E-state index contributed by atoms with van der Waals surface area (Å²) in [6, 6.07) is 0. The summed E-state index contributed by atoms with van der Waals surface area (Å²) in [5.41, 5.74) is 5.49. The predicted octanol–water partition coefficient (Wildman–Crippen LogP) is 4.41. The van der Waals surface area contributed by atoms with Crippen LogP contribution in [0, 0.1) is 0 Å². The van der Waals surface area contributed by atoms with E-state index in [0.717, 1.165) is 32.1 Å². The van der Waals surface area contributed by atoms with Crippen molar-refractivity contribution in [1.29, 1.82) is 0 Å². The largest absolute Gasteiger partial charge is 0.473 e. The van der Waals surface area contributed by atoms with Crippen molar-refractivity contribution in [2.45, 2.75) is 109 Å². The molecule has 0 aromatic rings. The van der Waals surface area contributed by atoms with Crippen LogP contribution in [-0.2, 0) is 18.4 Å². The van der Waals surface area contributed by atoms with Crippen LogP contribution < -0.4 is 5.73 Å². The van der Waals surface area contributed by atoms with Gasteiger partial charge in [-0.2, -0.15) is 0 Å². The fraction of sp³-hybridized carbons (Fsp3) is 0.870. The van der Waals surface area contributed by atoms with Gasteiger partial charge in [0.05, 0.1) is 13.2 Å². The fourth-order valence-electron chi connectivity index (χ4n) is 3.19. The van der Waals surface area contributed by atoms with E-state index in [0.29, 0.717) is 6.42 Å². The third kappa shape index (κ3) is 18.9. The summed E-state index contributed by atoms with van der Waals surface area (Å²) < 4.78 is 21.2. The maximum Gasteiger partial charge on any atom is 0.473 e. The topological polar surface area (TPSA) is 139 Å². The van der Waals surface area contributed by atoms with Gasteiger partial charge in [0.25, 0.3) is 0 Å². The maximum absolute atomic E-state index is 12.2. The summed E-state index contributed by atoms with van der Waals surface area (Å²) in [5, 5.41) is 17.9. The first kappa shape index (κ1) is 31.4. The van der Waals surface area contributed by atoms with E-state index in [1.54, 1.807) is 0 Å². The molecule has 0 fully saturated rings. The number of hydrogen-bond donors (Lipinski definition) is 4. The van der Waals surface area contributed by atoms with E-state index in [4.69, 9.17) is 20.5 Å². The van der Waals surface area contributed by atoms with E-state index in [9.17, 15) is 14.3 Å². The van der Waals surface area contributed by atoms with Crippen molar-refractivity contribution in [3.05, 3.63) is 12.2 Å². The van der Waals surface area contributed by atoms with Gasteiger partial charge in [0.15, 0.2) is 5.78 Å². The molecule has 0 aliphatic carbocycles. The molecule has 3 atom stereocenters. The van der Waals surface area contributed by atoms with Crippen molar-refractivity contribution in [1.82, 2.24) is 0 Å². The van der Waals surface area contributed by atoms with Crippen molar-refractivity contribution < 1.29 is 33.5 Å². The minimum atomic E-state index is -4.54. The van der Waals surface area contributed by atoms with E-state index < -0.39 is 33.2 Å². The van der Waals surface area contributed by atoms with Crippen LogP contribution in [0.5, 0.6) is 0 Å². The van der Waals surface area contributed by atoms with Gasteiger partial charge in [0, 0.05) is 13.0 Å². The molecule has 0 amide bonds. The van der Waals surface area contributed by atoms with Crippen LogP contribution in [0.15, 0.2) is 12.2 Å². The number of aliphatic hydroxyl groups excluding tert-OH is 2. The Labute approximate surface area is 194 Å². The summed E-state index contributed by atoms with van der Waals surface area (Å²) in [6.45, 7) is 0.805. The van der Waals surface area contributed by atoms with Crippen molar-refractivity contribution in [2.24, 2.45) is 5.73 Å². The standard InChI is InChI=1S/C23H46NO7P/c1-2-3-4-5-6-7-8-9-10-11-12-13-14-15-16-17-22(27)23(18-24)31-32(28,29)30-20-21(26)19-25/h9-10,21,23,25-26H,2-8,11-20,24H2,1H3,(H,28,29)/b10-9-/t21-,23?/m1/s1. The number of aliphatic hydroxyl groups is 2. The SMILES string of the molecule is CCCCCCCC/C=C\CCCCCCCC(=O)C(CN)OP(=O)(O)OC[C@H](O)CO. The van der Waals surface area contributed by atoms with E-state index in [1.165, 1.54) is 44.9 Å². The van der Waals surface area contributed by atoms with E-state index in [-0.39, 0.29) is 18.7 Å². The molecule has 190 valence electrons. The zero-order valence-corrected chi connectivity index (χ0v) is 20.7. The molecule has 0 bridgehead atoms. The molecular formula is C23H46NO7P. The molecule has 32 heavy (non-hydrogen) atoms. The Morgan fingerprint density at radius 2 is 1.50 bits per heavy atom. The second kappa shape index (κ2) is 21.0. The molecule has 0 spiro atoms. The number of allylic oxidation sites excluding steroid dienone is 2. The Kier molecular flexibility index (Phi) is 20.6. The van der Waals surface area contributed by atoms with Gasteiger partial charge in [0.2, 0.25) is 0 Å². The molecule has 0 aromatic heterocycles. The van der Waals surface area contributed by atoms with Crippen molar-refractivity contribution in [2.75, 3.05) is 19.8 Å². The monoisotopic (exact) mass is 479 g/mol. The Hall–Kier alpha value is -0.600. The molecule has 0 heterocycles. The van der Waals surface area contributed by atoms with Crippen LogP contribution in [0.4, 0.5) is 0 Å². The lowest BCUT2D eigenvalue weighted by atomic mass is 10.0. The molecule has 0 radical (unpaired) electrons. The highest BCUT2D eigenvalue weighted by Crippen LogP contribution is 2.44. The molecule has 8 nitrogen and oxygen atoms in total. The zero-order chi connectivity index (χ0) is 24.1. The van der Waals surface area contributed by atoms with Crippen LogP contribution in [0.25, 0.3) is 0 Å². The molecule has 0 saturated carbocycles. The van der Waals surface area contributed by atoms with Crippen molar-refractivity contribution >= 4 is 13.6 Å². The van der Waals surface area contributed by atoms with Crippen molar-refractivity contribution in [3.63, 3.8) is 0 Å². The van der Waals surface area contributed by atoms with Gasteiger partial charge in [-0.1, -0.05) is 70.4 Å². The number of phosphoric ester groups is 1. The lowest BCUT2D eigenvalue weighted by molar-refractivity contribution is -0.126. The molecule has 0 aromatic carbocycles. The molecule has 0 saturated heterocycles. The normalized spacial score (nSPS) is 15.7. The van der Waals surface area contributed by atoms with Crippen LogP contribution in [0.3, 0.4) is 0 Å². The fourth-order valence-corrected chi connectivity index (χ4v) is 4.13. The summed E-state index contributed by atoms with van der Waals surface area (Å²) in [6.07, 6.45) is 17.3. The summed E-state index contributed by atoms with van der Waals surface area (Å²) >= 11 is 0. The van der Waals surface area contributed by atoms with Gasteiger partial charge in [0.1, 0.15) is 12.2 Å². The van der Waals surface area contributed by atoms with E-state index >= 15 is 0 Å². The quantitative estimate of drug-likeness (QED) is 0.0960. The van der Waals surface area contributed by atoms with Crippen LogP contribution >= 0.6 is 7.82 Å². The number of carbonyl (C=O) groups excluding carboxylic acids is 1. The van der Waals surface area contributed by atoms with Crippen LogP contribution in [-0.4, -0.2) is 52.9 Å². The lowest BCUT2D eigenvalue weighted by Gasteiger charge is -2.19. The van der Waals surface area contributed by atoms with Crippen LogP contribution in [0.1, 0.15) is 96.8 Å². The number of ketones is 1. The number of hydrogen-bond acceptors (Lipinski definition) is 7. The molecule has 9 heteroatoms. The highest BCUT2D eigenvalue weighted by molar-refractivity contribution is 7.47. The van der Waals surface area contributed by atoms with Crippen molar-refractivity contribution in [3.8, 4) is 0 Å². The van der Waals surface area contributed by atoms with Gasteiger partial charge in [-0.3, -0.25) is 13.8 Å². The summed E-state index contributed by atoms with van der Waals surface area (Å²) in [5.74, 6) is -0.342. The first-order valence-electron chi connectivity index (χ1n) is 12.2. The van der Waals surface area contributed by atoms with Crippen LogP contribution in [0.2, 0.25) is 0 Å². The number of phosphoric acid groups is 1. The Balaban J connectivity index is 3.77. The molecule has 0 aliphatic heterocycles. The number of rotatable bonds is 23. The van der Waals surface area contributed by atoms with Gasteiger partial charge >= 0.3 is 7.82 Å². The molecular weight excluding hydrogens is 433 g/mol. The Bertz CT molecular complexity index is 530. The van der Waals surface area contributed by atoms with Gasteiger partial charge < -0.3 is 20.8 Å². The number of unbranched alkanes of at least 4 members (excludes halogenated alkanes) is 11. The molecule has 5 N–H and O–H groups in total. The minimum absolute atomic E-state index is 0.222. The smallest absolute Gasteiger partial charge is 0.394 e. The Morgan fingerprint density at radius 3 is 2.03 bits per heavy atom. The average molecular weight is 480 g/mol.